The van der Waals surface area contributed by atoms with Crippen molar-refractivity contribution in [2.75, 3.05) is 20.8 Å². The number of hydrogen-bond donors (Lipinski definition) is 6. The van der Waals surface area contributed by atoms with Crippen molar-refractivity contribution in [2.24, 2.45) is 0 Å². The summed E-state index contributed by atoms with van der Waals surface area (Å²) in [5, 5.41) is 60.5. The van der Waals surface area contributed by atoms with Gasteiger partial charge in [0.25, 0.3) is 0 Å². The Balaban J connectivity index is 1.77. The predicted molar refractivity (Wildman–Crippen MR) is 116 cm³/mol. The molecule has 2 aliphatic rings. The lowest BCUT2D eigenvalue weighted by Crippen LogP contribution is -2.60. The molecule has 2 heterocycles. The summed E-state index contributed by atoms with van der Waals surface area (Å²) >= 11 is 0. The van der Waals surface area contributed by atoms with E-state index in [-0.39, 0.29) is 28.6 Å². The first-order valence-corrected chi connectivity index (χ1v) is 10.7. The highest BCUT2D eigenvalue weighted by Gasteiger charge is 2.49. The van der Waals surface area contributed by atoms with Crippen LogP contribution in [0.2, 0.25) is 0 Å². The zero-order chi connectivity index (χ0) is 25.4. The smallest absolute Gasteiger partial charge is 0.204 e. The minimum Gasteiger partial charge on any atom is -0.508 e. The summed E-state index contributed by atoms with van der Waals surface area (Å²) in [5.74, 6) is -1.39. The van der Waals surface area contributed by atoms with Gasteiger partial charge in [0.15, 0.2) is 30.0 Å². The number of carbonyl (C=O) groups is 1. The molecule has 2 aromatic carbocycles. The Morgan fingerprint density at radius 3 is 2.26 bits per heavy atom. The molecule has 0 aliphatic carbocycles. The maximum absolute atomic E-state index is 13.6. The highest BCUT2D eigenvalue weighted by molar-refractivity contribution is 6.06. The van der Waals surface area contributed by atoms with E-state index in [0.29, 0.717) is 5.56 Å². The van der Waals surface area contributed by atoms with Gasteiger partial charge < -0.3 is 54.3 Å². The van der Waals surface area contributed by atoms with Crippen LogP contribution in [0.15, 0.2) is 30.3 Å². The van der Waals surface area contributed by atoms with Crippen LogP contribution in [0.3, 0.4) is 0 Å². The Morgan fingerprint density at radius 1 is 0.971 bits per heavy atom. The molecule has 1 saturated heterocycles. The van der Waals surface area contributed by atoms with Crippen LogP contribution in [0, 0.1) is 0 Å². The average Bonchev–Trinajstić information content (AvgIpc) is 2.85. The molecule has 0 bridgehead atoms. The molecule has 6 N–H and O–H groups in total. The van der Waals surface area contributed by atoms with Gasteiger partial charge in [0.05, 0.1) is 20.8 Å². The summed E-state index contributed by atoms with van der Waals surface area (Å²) in [4.78, 5) is 13.6. The maximum Gasteiger partial charge on any atom is 0.204 e. The summed E-state index contributed by atoms with van der Waals surface area (Å²) in [6.07, 6.45) is -10.7. The number of methoxy groups -OCH3 is 2. The number of phenolic OH excluding ortho intramolecular Hbond substituents is 2. The molecule has 35 heavy (non-hydrogen) atoms. The number of ether oxygens (including phenoxy) is 5. The number of aliphatic hydroxyl groups excluding tert-OH is 4. The normalized spacial score (nSPS) is 30.3. The Hall–Kier alpha value is -3.13. The van der Waals surface area contributed by atoms with E-state index in [4.69, 9.17) is 23.7 Å². The van der Waals surface area contributed by atoms with E-state index in [1.54, 1.807) is 0 Å². The lowest BCUT2D eigenvalue weighted by atomic mass is 9.91. The quantitative estimate of drug-likeness (QED) is 0.306. The van der Waals surface area contributed by atoms with Gasteiger partial charge in [-0.25, -0.2) is 0 Å². The first-order valence-electron chi connectivity index (χ1n) is 10.7. The van der Waals surface area contributed by atoms with Gasteiger partial charge in [0, 0.05) is 6.07 Å². The Morgan fingerprint density at radius 2 is 1.66 bits per heavy atom. The van der Waals surface area contributed by atoms with Gasteiger partial charge in [0.2, 0.25) is 11.5 Å². The second-order valence-electron chi connectivity index (χ2n) is 8.08. The minimum absolute atomic E-state index is 0.0307. The van der Waals surface area contributed by atoms with Gasteiger partial charge >= 0.3 is 0 Å². The molecule has 4 rings (SSSR count). The molecule has 0 amide bonds. The number of aliphatic hydroxyl groups is 4. The van der Waals surface area contributed by atoms with E-state index in [1.165, 1.54) is 44.6 Å². The number of hydrogen-bond acceptors (Lipinski definition) is 12. The van der Waals surface area contributed by atoms with E-state index in [9.17, 15) is 35.4 Å². The van der Waals surface area contributed by atoms with Crippen molar-refractivity contribution in [1.29, 1.82) is 0 Å². The predicted octanol–water partition coefficient (Wildman–Crippen LogP) is -0.384. The minimum atomic E-state index is -1.78. The number of aromatic hydroxyl groups is 2. The van der Waals surface area contributed by atoms with Gasteiger partial charge in [-0.05, 0) is 17.7 Å². The standard InChI is InChI=1S/C23H26O12/c1-31-12-7-11-14(16(27)21(12)32-2)17(28)22(20(33-11)9-3-5-10(25)6-4-9)35-23-19(30)18(29)15(26)13(8-24)34-23/h3-7,13,15,18-20,22-27,29-30H,8H2,1-2H3/t13-,15-,18+,19-,20-,22+,23-/m1/s1. The molecule has 7 atom stereocenters. The van der Waals surface area contributed by atoms with E-state index in [1.807, 2.05) is 0 Å². The molecule has 0 aromatic heterocycles. The second kappa shape index (κ2) is 9.85. The number of carbonyl (C=O) groups excluding carboxylic acids is 1. The first-order chi connectivity index (χ1) is 16.7. The van der Waals surface area contributed by atoms with Crippen molar-refractivity contribution in [2.45, 2.75) is 42.9 Å². The molecular weight excluding hydrogens is 468 g/mol. The first kappa shape index (κ1) is 25.0. The van der Waals surface area contributed by atoms with Crippen LogP contribution < -0.4 is 14.2 Å². The van der Waals surface area contributed by atoms with Crippen LogP contribution in [0.25, 0.3) is 0 Å². The van der Waals surface area contributed by atoms with Crippen molar-refractivity contribution in [3.63, 3.8) is 0 Å². The van der Waals surface area contributed by atoms with Crippen molar-refractivity contribution < 1.29 is 59.1 Å². The fraction of sp³-hybridized carbons (Fsp3) is 0.435. The van der Waals surface area contributed by atoms with Crippen molar-refractivity contribution in [3.8, 4) is 28.7 Å². The third kappa shape index (κ3) is 4.35. The van der Waals surface area contributed by atoms with E-state index in [0.717, 1.165) is 0 Å². The maximum atomic E-state index is 13.6. The Bertz CT molecular complexity index is 1070. The van der Waals surface area contributed by atoms with Gasteiger partial charge in [0.1, 0.15) is 41.5 Å². The van der Waals surface area contributed by atoms with Gasteiger partial charge in [-0.3, -0.25) is 4.79 Å². The Labute approximate surface area is 199 Å². The van der Waals surface area contributed by atoms with Gasteiger partial charge in [-0.2, -0.15) is 0 Å². The molecule has 0 saturated carbocycles. The monoisotopic (exact) mass is 494 g/mol. The molecule has 190 valence electrons. The summed E-state index contributed by atoms with van der Waals surface area (Å²) in [6, 6.07) is 7.08. The molecule has 2 aromatic rings. The largest absolute Gasteiger partial charge is 0.508 e. The average molecular weight is 494 g/mol. The van der Waals surface area contributed by atoms with Crippen LogP contribution >= 0.6 is 0 Å². The van der Waals surface area contributed by atoms with Crippen molar-refractivity contribution in [1.82, 2.24) is 0 Å². The second-order valence-corrected chi connectivity index (χ2v) is 8.08. The van der Waals surface area contributed by atoms with Gasteiger partial charge in [-0.15, -0.1) is 0 Å². The van der Waals surface area contributed by atoms with E-state index in [2.05, 4.69) is 0 Å². The molecule has 0 unspecified atom stereocenters. The zero-order valence-electron chi connectivity index (χ0n) is 18.8. The fourth-order valence-corrected chi connectivity index (χ4v) is 4.13. The molecule has 2 aliphatic heterocycles. The molecule has 1 fully saturated rings. The van der Waals surface area contributed by atoms with Gasteiger partial charge in [-0.1, -0.05) is 12.1 Å². The number of rotatable bonds is 6. The third-order valence-corrected chi connectivity index (χ3v) is 5.99. The number of fused-ring (bicyclic) bond motifs is 1. The van der Waals surface area contributed by atoms with Crippen LogP contribution in [-0.2, 0) is 9.47 Å². The van der Waals surface area contributed by atoms with Crippen LogP contribution in [-0.4, -0.2) is 94.1 Å². The molecule has 0 radical (unpaired) electrons. The number of Topliss-reactive ketones (excluding diaryl/α,β-unsaturated/α-hetero) is 1. The fourth-order valence-electron chi connectivity index (χ4n) is 4.13. The summed E-state index contributed by atoms with van der Waals surface area (Å²) in [5.41, 5.74) is 0.123. The summed E-state index contributed by atoms with van der Waals surface area (Å²) in [7, 11) is 2.62. The molecule has 12 heteroatoms. The van der Waals surface area contributed by atoms with E-state index < -0.39 is 61.1 Å². The highest BCUT2D eigenvalue weighted by Crippen LogP contribution is 2.49. The topological polar surface area (TPSA) is 185 Å². The third-order valence-electron chi connectivity index (χ3n) is 5.99. The molecule has 12 nitrogen and oxygen atoms in total. The SMILES string of the molecule is COc1cc2c(c(O)c1OC)C(=O)[C@H](O[C@H]1O[C@H](CO)[C@@H](O)[C@H](O)[C@H]1O)[C@@H](c1ccc(O)cc1)O2. The van der Waals surface area contributed by atoms with E-state index >= 15 is 0 Å². The van der Waals surface area contributed by atoms with Crippen LogP contribution in [0.5, 0.6) is 28.7 Å². The van der Waals surface area contributed by atoms with Crippen molar-refractivity contribution in [3.05, 3.63) is 41.5 Å². The lowest BCUT2D eigenvalue weighted by molar-refractivity contribution is -0.311. The molecular formula is C23H26O12. The summed E-state index contributed by atoms with van der Waals surface area (Å²) < 4.78 is 27.6. The zero-order valence-corrected chi connectivity index (χ0v) is 18.8. The molecule has 0 spiro atoms. The van der Waals surface area contributed by atoms with Crippen LogP contribution in [0.4, 0.5) is 0 Å². The Kier molecular flexibility index (Phi) is 7.03. The number of ketones is 1. The highest BCUT2D eigenvalue weighted by atomic mass is 16.7. The number of benzene rings is 2. The number of phenols is 2. The van der Waals surface area contributed by atoms with Crippen LogP contribution in [0.1, 0.15) is 22.0 Å². The lowest BCUT2D eigenvalue weighted by Gasteiger charge is -2.42. The summed E-state index contributed by atoms with van der Waals surface area (Å²) in [6.45, 7) is -0.693. The van der Waals surface area contributed by atoms with Crippen molar-refractivity contribution >= 4 is 5.78 Å².